The summed E-state index contributed by atoms with van der Waals surface area (Å²) in [6.07, 6.45) is 1.59. The maximum absolute atomic E-state index is 16.1. The third kappa shape index (κ3) is 4.63. The number of rotatable bonds is 3. The number of hydrogen-bond acceptors (Lipinski definition) is 8. The number of aliphatic imine (C=N–C) groups is 2. The Morgan fingerprint density at radius 1 is 1.27 bits per heavy atom. The average molecular weight is 582 g/mol. The van der Waals surface area contributed by atoms with Crippen molar-refractivity contribution in [1.82, 2.24) is 9.88 Å². The second-order valence-electron chi connectivity index (χ2n) is 8.64. The molecule has 1 aliphatic rings. The van der Waals surface area contributed by atoms with Crippen molar-refractivity contribution in [3.8, 4) is 22.9 Å². The van der Waals surface area contributed by atoms with Gasteiger partial charge in [-0.2, -0.15) is 10.3 Å². The lowest BCUT2D eigenvalue weighted by Crippen LogP contribution is -2.34. The van der Waals surface area contributed by atoms with Crippen LogP contribution < -0.4 is 16.2 Å². The SMILES string of the molecule is CN=C(/N=C1\c2cc(F)c(-c3ccc(F)c4sc(N)c(C#N)c34)c(Cl)c2OCCN1Cc1cccnc1N)OC. The summed E-state index contributed by atoms with van der Waals surface area (Å²) < 4.78 is 42.2. The Bertz CT molecular complexity index is 1750. The molecule has 0 aliphatic carbocycles. The van der Waals surface area contributed by atoms with E-state index >= 15 is 4.39 Å². The normalized spacial score (nSPS) is 14.6. The maximum Gasteiger partial charge on any atom is 0.313 e. The van der Waals surface area contributed by atoms with E-state index in [0.29, 0.717) is 12.4 Å². The molecular weight excluding hydrogens is 560 g/mol. The van der Waals surface area contributed by atoms with E-state index in [0.717, 1.165) is 16.9 Å². The minimum Gasteiger partial charge on any atom is -0.489 e. The molecule has 13 heteroatoms. The highest BCUT2D eigenvalue weighted by atomic mass is 35.5. The number of nitriles is 1. The molecule has 5 rings (SSSR count). The summed E-state index contributed by atoms with van der Waals surface area (Å²) in [5.74, 6) is -0.537. The highest BCUT2D eigenvalue weighted by Crippen LogP contribution is 2.47. The van der Waals surface area contributed by atoms with Crippen molar-refractivity contribution in [2.45, 2.75) is 6.54 Å². The van der Waals surface area contributed by atoms with Crippen molar-refractivity contribution < 1.29 is 18.3 Å². The van der Waals surface area contributed by atoms with Gasteiger partial charge in [0.25, 0.3) is 0 Å². The molecule has 0 saturated carbocycles. The minimum atomic E-state index is -0.739. The molecular formula is C27H22ClF2N7O2S. The number of amidine groups is 2. The third-order valence-corrected chi connectivity index (χ3v) is 7.77. The van der Waals surface area contributed by atoms with Gasteiger partial charge in [0.1, 0.15) is 46.7 Å². The summed E-state index contributed by atoms with van der Waals surface area (Å²) in [5.41, 5.74) is 13.2. The molecule has 4 N–H and O–H groups in total. The van der Waals surface area contributed by atoms with Gasteiger partial charge >= 0.3 is 6.02 Å². The molecule has 1 aliphatic heterocycles. The fraction of sp³-hybridized carbons (Fsp3) is 0.185. The summed E-state index contributed by atoms with van der Waals surface area (Å²) >= 11 is 7.76. The van der Waals surface area contributed by atoms with Crippen LogP contribution in [0.1, 0.15) is 16.7 Å². The lowest BCUT2D eigenvalue weighted by molar-refractivity contribution is 0.276. The van der Waals surface area contributed by atoms with E-state index in [1.165, 1.54) is 32.4 Å². The first-order valence-electron chi connectivity index (χ1n) is 11.9. The Morgan fingerprint density at radius 2 is 2.08 bits per heavy atom. The second kappa shape index (κ2) is 11.0. The van der Waals surface area contributed by atoms with Gasteiger partial charge in [0.2, 0.25) is 0 Å². The van der Waals surface area contributed by atoms with Crippen molar-refractivity contribution in [2.75, 3.05) is 38.8 Å². The van der Waals surface area contributed by atoms with E-state index < -0.39 is 11.6 Å². The van der Waals surface area contributed by atoms with Crippen molar-refractivity contribution in [3.05, 3.63) is 69.9 Å². The molecule has 2 aromatic carbocycles. The Hall–Kier alpha value is -4.47. The first kappa shape index (κ1) is 27.1. The third-order valence-electron chi connectivity index (χ3n) is 6.38. The Morgan fingerprint density at radius 3 is 2.77 bits per heavy atom. The maximum atomic E-state index is 16.1. The summed E-state index contributed by atoms with van der Waals surface area (Å²) in [5, 5.41) is 9.95. The van der Waals surface area contributed by atoms with Crippen LogP contribution in [0.2, 0.25) is 5.02 Å². The van der Waals surface area contributed by atoms with Gasteiger partial charge in [-0.05, 0) is 23.8 Å². The summed E-state index contributed by atoms with van der Waals surface area (Å²) in [6.45, 7) is 0.772. The summed E-state index contributed by atoms with van der Waals surface area (Å²) in [7, 11) is 2.93. The van der Waals surface area contributed by atoms with Gasteiger partial charge in [0.05, 0.1) is 34.5 Å². The molecule has 0 fully saturated rings. The number of hydrogen-bond donors (Lipinski definition) is 2. The molecule has 204 valence electrons. The van der Waals surface area contributed by atoms with Crippen molar-refractivity contribution in [3.63, 3.8) is 0 Å². The Kier molecular flexibility index (Phi) is 7.42. The van der Waals surface area contributed by atoms with Gasteiger partial charge in [0.15, 0.2) is 0 Å². The number of aromatic nitrogens is 1. The summed E-state index contributed by atoms with van der Waals surface area (Å²) in [4.78, 5) is 14.6. The first-order valence-corrected chi connectivity index (χ1v) is 13.1. The van der Waals surface area contributed by atoms with Crippen LogP contribution in [0.5, 0.6) is 5.75 Å². The molecule has 40 heavy (non-hydrogen) atoms. The highest BCUT2D eigenvalue weighted by Gasteiger charge is 2.30. The number of benzene rings is 2. The molecule has 0 bridgehead atoms. The molecule has 4 aromatic rings. The standard InChI is InChI=1S/C27H22ClF2N7O2S/c1-34-27(38-2)36-26-15-10-18(30)20(14-5-6-17(29)23-19(14)16(11-31)25(33)40-23)21(28)22(15)39-9-8-37(26)12-13-4-3-7-35-24(13)32/h3-7,10H,8-9,12,33H2,1-2H3,(H2,32,35)/b34-27?,36-26+. The number of ether oxygens (including phenoxy) is 2. The van der Waals surface area contributed by atoms with Gasteiger partial charge in [-0.15, -0.1) is 11.3 Å². The fourth-order valence-corrected chi connectivity index (χ4v) is 5.85. The Balaban J connectivity index is 1.74. The van der Waals surface area contributed by atoms with Gasteiger partial charge in [0, 0.05) is 36.3 Å². The van der Waals surface area contributed by atoms with Gasteiger partial charge in [-0.3, -0.25) is 0 Å². The zero-order chi connectivity index (χ0) is 28.6. The van der Waals surface area contributed by atoms with E-state index in [9.17, 15) is 9.65 Å². The topological polar surface area (TPSA) is 135 Å². The minimum absolute atomic E-state index is 0.0419. The van der Waals surface area contributed by atoms with Crippen molar-refractivity contribution in [2.24, 2.45) is 9.98 Å². The molecule has 0 amide bonds. The van der Waals surface area contributed by atoms with E-state index in [1.54, 1.807) is 12.3 Å². The second-order valence-corrected chi connectivity index (χ2v) is 10.1. The van der Waals surface area contributed by atoms with Gasteiger partial charge in [-0.25, -0.2) is 18.8 Å². The number of pyridine rings is 1. The average Bonchev–Trinajstić information content (AvgIpc) is 3.19. The predicted molar refractivity (Wildman–Crippen MR) is 153 cm³/mol. The molecule has 0 radical (unpaired) electrons. The van der Waals surface area contributed by atoms with Crippen LogP contribution in [0.25, 0.3) is 21.2 Å². The smallest absolute Gasteiger partial charge is 0.313 e. The number of nitrogens with zero attached hydrogens (tertiary/aromatic N) is 5. The number of halogens is 3. The van der Waals surface area contributed by atoms with Crippen molar-refractivity contribution in [1.29, 1.82) is 5.26 Å². The van der Waals surface area contributed by atoms with E-state index in [-0.39, 0.29) is 73.1 Å². The number of methoxy groups -OCH3 is 1. The number of fused-ring (bicyclic) bond motifs is 2. The highest BCUT2D eigenvalue weighted by molar-refractivity contribution is 7.23. The largest absolute Gasteiger partial charge is 0.489 e. The quantitative estimate of drug-likeness (QED) is 0.251. The molecule has 0 spiro atoms. The number of nitrogens with two attached hydrogens (primary N) is 2. The lowest BCUT2D eigenvalue weighted by Gasteiger charge is -2.24. The zero-order valence-electron chi connectivity index (χ0n) is 21.3. The number of nitrogen functional groups attached to an aromatic ring is 2. The molecule has 0 unspecified atom stereocenters. The molecule has 3 heterocycles. The molecule has 0 saturated heterocycles. The number of thiophene rings is 1. The van der Waals surface area contributed by atoms with E-state index in [4.69, 9.17) is 32.5 Å². The zero-order valence-corrected chi connectivity index (χ0v) is 22.9. The summed E-state index contributed by atoms with van der Waals surface area (Å²) in [6, 6.07) is 9.42. The molecule has 9 nitrogen and oxygen atoms in total. The fourth-order valence-electron chi connectivity index (χ4n) is 4.55. The van der Waals surface area contributed by atoms with Crippen LogP contribution in [0.4, 0.5) is 19.6 Å². The van der Waals surface area contributed by atoms with Gasteiger partial charge < -0.3 is 25.8 Å². The lowest BCUT2D eigenvalue weighted by atomic mass is 9.96. The van der Waals surface area contributed by atoms with Crippen LogP contribution in [-0.4, -0.2) is 49.1 Å². The van der Waals surface area contributed by atoms with Crippen LogP contribution >= 0.6 is 22.9 Å². The monoisotopic (exact) mass is 581 g/mol. The van der Waals surface area contributed by atoms with Crippen LogP contribution in [0.15, 0.2) is 46.5 Å². The van der Waals surface area contributed by atoms with Crippen LogP contribution in [-0.2, 0) is 11.3 Å². The Labute approximate surface area is 236 Å². The van der Waals surface area contributed by atoms with Crippen LogP contribution in [0.3, 0.4) is 0 Å². The van der Waals surface area contributed by atoms with Gasteiger partial charge in [-0.1, -0.05) is 23.7 Å². The molecule has 0 atom stereocenters. The van der Waals surface area contributed by atoms with E-state index in [2.05, 4.69) is 15.0 Å². The van der Waals surface area contributed by atoms with Crippen LogP contribution in [0, 0.1) is 23.0 Å². The predicted octanol–water partition coefficient (Wildman–Crippen LogP) is 5.20. The first-order chi connectivity index (χ1) is 19.3. The van der Waals surface area contributed by atoms with E-state index in [1.807, 2.05) is 17.0 Å². The number of anilines is 2. The van der Waals surface area contributed by atoms with Crippen molar-refractivity contribution >= 4 is 55.7 Å². The molecule has 2 aromatic heterocycles.